The highest BCUT2D eigenvalue weighted by atomic mass is 19.4. The molecule has 0 aromatic carbocycles. The van der Waals surface area contributed by atoms with Crippen LogP contribution in [0.3, 0.4) is 0 Å². The molecule has 0 aliphatic heterocycles. The molecule has 0 aliphatic rings. The lowest BCUT2D eigenvalue weighted by Gasteiger charge is -2.37. The van der Waals surface area contributed by atoms with Gasteiger partial charge in [-0.25, -0.2) is 9.18 Å². The van der Waals surface area contributed by atoms with Crippen LogP contribution in [0.15, 0.2) is 0 Å². The second-order valence-corrected chi connectivity index (χ2v) is 3.96. The Balaban J connectivity index is 5.99. The first-order valence-electron chi connectivity index (χ1n) is 5.28. The molecule has 0 fully saturated rings. The molecule has 0 saturated heterocycles. The summed E-state index contributed by atoms with van der Waals surface area (Å²) in [6.45, 7) is -0.0384. The van der Waals surface area contributed by atoms with Gasteiger partial charge in [0.25, 0.3) is 6.17 Å². The maximum Gasteiger partial charge on any atom is 0.460 e. The van der Waals surface area contributed by atoms with Crippen molar-refractivity contribution in [3.8, 4) is 0 Å². The fourth-order valence-corrected chi connectivity index (χ4v) is 1.11. The molecule has 0 unspecified atom stereocenters. The van der Waals surface area contributed by atoms with Crippen LogP contribution in [-0.4, -0.2) is 48.6 Å². The zero-order chi connectivity index (χ0) is 19.1. The third-order valence-electron chi connectivity index (χ3n) is 2.38. The van der Waals surface area contributed by atoms with Crippen LogP contribution in [0.2, 0.25) is 0 Å². The number of halogens is 12. The van der Waals surface area contributed by atoms with Crippen LogP contribution in [0.4, 0.5) is 52.7 Å². The smallest absolute Gasteiger partial charge is 0.460 e. The van der Waals surface area contributed by atoms with E-state index in [1.807, 2.05) is 0 Å². The van der Waals surface area contributed by atoms with E-state index in [2.05, 4.69) is 4.74 Å². The number of rotatable bonds is 6. The average molecular weight is 374 g/mol. The number of hydrogen-bond acceptors (Lipinski definition) is 2. The van der Waals surface area contributed by atoms with E-state index in [9.17, 15) is 57.5 Å². The molecule has 0 bridgehead atoms. The van der Waals surface area contributed by atoms with Gasteiger partial charge in [-0.1, -0.05) is 0 Å². The quantitative estimate of drug-likeness (QED) is 0.519. The topological polar surface area (TPSA) is 26.3 Å². The summed E-state index contributed by atoms with van der Waals surface area (Å²) in [5, 5.41) is 0. The van der Waals surface area contributed by atoms with Gasteiger partial charge in [0, 0.05) is 0 Å². The lowest BCUT2D eigenvalue weighted by molar-refractivity contribution is -0.425. The first kappa shape index (κ1) is 21.6. The monoisotopic (exact) mass is 374 g/mol. The Morgan fingerprint density at radius 2 is 1.22 bits per heavy atom. The fraction of sp³-hybridized carbons (Fsp3) is 0.889. The van der Waals surface area contributed by atoms with Crippen LogP contribution in [0, 0.1) is 0 Å². The fourth-order valence-electron chi connectivity index (χ4n) is 1.11. The van der Waals surface area contributed by atoms with Gasteiger partial charge in [0.15, 0.2) is 0 Å². The standard InChI is InChI=1S/C9H6F12O2/c1-2-23-4(22)3(10)5(11,12)6(13,14)7(15,16)8(17,18)9(19,20)21/h3H,2H2,1H3/t3-/m0/s1. The van der Waals surface area contributed by atoms with Crippen molar-refractivity contribution < 1.29 is 62.2 Å². The maximum atomic E-state index is 13.0. The van der Waals surface area contributed by atoms with E-state index < -0.39 is 48.6 Å². The molecule has 0 heterocycles. The number of ether oxygens (including phenoxy) is 1. The molecule has 0 N–H and O–H groups in total. The third kappa shape index (κ3) is 3.16. The van der Waals surface area contributed by atoms with Crippen molar-refractivity contribution in [3.63, 3.8) is 0 Å². The molecule has 23 heavy (non-hydrogen) atoms. The van der Waals surface area contributed by atoms with Crippen molar-refractivity contribution in [3.05, 3.63) is 0 Å². The SMILES string of the molecule is CCOC(=O)[C@H](F)C(F)(F)C(F)(F)C(F)(F)C(F)(F)C(F)(F)F. The van der Waals surface area contributed by atoms with E-state index in [1.165, 1.54) is 0 Å². The molecule has 0 aliphatic carbocycles. The number of alkyl halides is 12. The Kier molecular flexibility index (Phi) is 5.57. The average Bonchev–Trinajstić information content (AvgIpc) is 2.35. The van der Waals surface area contributed by atoms with Crippen molar-refractivity contribution in [2.24, 2.45) is 0 Å². The summed E-state index contributed by atoms with van der Waals surface area (Å²) >= 11 is 0. The summed E-state index contributed by atoms with van der Waals surface area (Å²) in [7, 11) is 0. The summed E-state index contributed by atoms with van der Waals surface area (Å²) in [6, 6.07) is 0. The zero-order valence-electron chi connectivity index (χ0n) is 10.6. The van der Waals surface area contributed by atoms with Gasteiger partial charge in [0.2, 0.25) is 0 Å². The van der Waals surface area contributed by atoms with Gasteiger partial charge >= 0.3 is 35.8 Å². The molecule has 0 rings (SSSR count). The molecule has 0 aromatic rings. The molecule has 0 amide bonds. The van der Waals surface area contributed by atoms with E-state index in [4.69, 9.17) is 0 Å². The summed E-state index contributed by atoms with van der Waals surface area (Å²) < 4.78 is 154. The van der Waals surface area contributed by atoms with Gasteiger partial charge in [-0.05, 0) is 6.92 Å². The lowest BCUT2D eigenvalue weighted by atomic mass is 9.95. The van der Waals surface area contributed by atoms with Crippen LogP contribution < -0.4 is 0 Å². The number of esters is 1. The number of carbonyl (C=O) groups is 1. The molecular weight excluding hydrogens is 368 g/mol. The Hall–Kier alpha value is -1.37. The Morgan fingerprint density at radius 3 is 1.52 bits per heavy atom. The minimum Gasteiger partial charge on any atom is -0.464 e. The van der Waals surface area contributed by atoms with Gasteiger partial charge in [0.1, 0.15) is 0 Å². The van der Waals surface area contributed by atoms with Gasteiger partial charge in [-0.15, -0.1) is 0 Å². The molecule has 2 nitrogen and oxygen atoms in total. The predicted molar refractivity (Wildman–Crippen MR) is 47.4 cm³/mol. The van der Waals surface area contributed by atoms with Crippen molar-refractivity contribution in [2.75, 3.05) is 6.61 Å². The highest BCUT2D eigenvalue weighted by Crippen LogP contribution is 2.58. The van der Waals surface area contributed by atoms with Crippen LogP contribution in [-0.2, 0) is 9.53 Å². The highest BCUT2D eigenvalue weighted by molar-refractivity contribution is 5.76. The van der Waals surface area contributed by atoms with E-state index in [0.29, 0.717) is 0 Å². The second-order valence-electron chi connectivity index (χ2n) is 3.96. The zero-order valence-corrected chi connectivity index (χ0v) is 10.6. The van der Waals surface area contributed by atoms with Gasteiger partial charge < -0.3 is 4.74 Å². The molecule has 0 radical (unpaired) electrons. The van der Waals surface area contributed by atoms with Crippen molar-refractivity contribution in [2.45, 2.75) is 43.0 Å². The third-order valence-corrected chi connectivity index (χ3v) is 2.38. The normalized spacial score (nSPS) is 16.2. The molecule has 0 saturated carbocycles. The van der Waals surface area contributed by atoms with E-state index in [0.717, 1.165) is 6.92 Å². The van der Waals surface area contributed by atoms with Crippen molar-refractivity contribution in [1.82, 2.24) is 0 Å². The summed E-state index contributed by atoms with van der Waals surface area (Å²) in [6.07, 6.45) is -12.3. The van der Waals surface area contributed by atoms with Crippen molar-refractivity contribution in [1.29, 1.82) is 0 Å². The van der Waals surface area contributed by atoms with Gasteiger partial charge in [-0.2, -0.15) is 48.3 Å². The number of hydrogen-bond donors (Lipinski definition) is 0. The molecular formula is C9H6F12O2. The van der Waals surface area contributed by atoms with Crippen molar-refractivity contribution >= 4 is 5.97 Å². The predicted octanol–water partition coefficient (Wildman–Crippen LogP) is 3.99. The minimum absolute atomic E-state index is 0.854. The van der Waals surface area contributed by atoms with Crippen LogP contribution in [0.5, 0.6) is 0 Å². The van der Waals surface area contributed by atoms with Crippen LogP contribution in [0.1, 0.15) is 6.92 Å². The molecule has 0 aromatic heterocycles. The Bertz CT molecular complexity index is 440. The van der Waals surface area contributed by atoms with Gasteiger partial charge in [0.05, 0.1) is 6.61 Å². The molecule has 0 spiro atoms. The van der Waals surface area contributed by atoms with Crippen LogP contribution in [0.25, 0.3) is 0 Å². The van der Waals surface area contributed by atoms with E-state index in [-0.39, 0.29) is 0 Å². The highest BCUT2D eigenvalue weighted by Gasteiger charge is 2.88. The maximum absolute atomic E-state index is 13.0. The minimum atomic E-state index is -7.77. The van der Waals surface area contributed by atoms with Crippen LogP contribution >= 0.6 is 0 Å². The first-order valence-corrected chi connectivity index (χ1v) is 5.28. The summed E-state index contributed by atoms with van der Waals surface area (Å²) in [4.78, 5) is 10.5. The largest absolute Gasteiger partial charge is 0.464 e. The van der Waals surface area contributed by atoms with E-state index in [1.54, 1.807) is 0 Å². The first-order chi connectivity index (χ1) is 9.89. The molecule has 1 atom stereocenters. The molecule has 138 valence electrons. The summed E-state index contributed by atoms with van der Waals surface area (Å²) in [5.74, 6) is -32.7. The number of carbonyl (C=O) groups excluding carboxylic acids is 1. The van der Waals surface area contributed by atoms with E-state index >= 15 is 0 Å². The van der Waals surface area contributed by atoms with Gasteiger partial charge in [-0.3, -0.25) is 0 Å². The lowest BCUT2D eigenvalue weighted by Crippen LogP contribution is -2.69. The molecule has 14 heteroatoms. The Morgan fingerprint density at radius 1 is 0.826 bits per heavy atom. The second kappa shape index (κ2) is 5.92. The Labute approximate surface area is 119 Å². The summed E-state index contributed by atoms with van der Waals surface area (Å²) in [5.41, 5.74) is 0.